The Kier molecular flexibility index (Phi) is 2.49. The number of anilines is 1. The third-order valence-electron chi connectivity index (χ3n) is 2.96. The van der Waals surface area contributed by atoms with Gasteiger partial charge in [-0.25, -0.2) is 4.98 Å². The van der Waals surface area contributed by atoms with Gasteiger partial charge in [0.1, 0.15) is 0 Å². The Hall–Kier alpha value is -2.41. The van der Waals surface area contributed by atoms with Crippen LogP contribution in [0.5, 0.6) is 0 Å². The van der Waals surface area contributed by atoms with E-state index in [1.807, 2.05) is 12.3 Å². The van der Waals surface area contributed by atoms with E-state index in [1.165, 1.54) is 23.5 Å². The molecule has 3 N–H and O–H groups in total. The number of nitrogens with one attached hydrogen (secondary N) is 1. The van der Waals surface area contributed by atoms with Crippen LogP contribution >= 0.6 is 11.3 Å². The molecule has 19 heavy (non-hydrogen) atoms. The minimum atomic E-state index is -0.407. The number of nitrogens with two attached hydrogens (primary N) is 1. The number of nitrogens with zero attached hydrogens (tertiary/aromatic N) is 2. The second kappa shape index (κ2) is 4.06. The number of aromatic amines is 1. The van der Waals surface area contributed by atoms with Gasteiger partial charge < -0.3 is 10.7 Å². The summed E-state index contributed by atoms with van der Waals surface area (Å²) in [5.74, 6) is 0. The molecule has 0 spiro atoms. The maximum Gasteiger partial charge on any atom is 0.271 e. The molecule has 0 aliphatic rings. The summed E-state index contributed by atoms with van der Waals surface area (Å²) in [7, 11) is 0. The number of aryl methyl sites for hydroxylation is 1. The summed E-state index contributed by atoms with van der Waals surface area (Å²) >= 11 is 1.37. The lowest BCUT2D eigenvalue weighted by Crippen LogP contribution is -1.86. The lowest BCUT2D eigenvalue weighted by atomic mass is 10.1. The lowest BCUT2D eigenvalue weighted by Gasteiger charge is -1.96. The van der Waals surface area contributed by atoms with Gasteiger partial charge in [0.25, 0.3) is 5.69 Å². The second-order valence-electron chi connectivity index (χ2n) is 4.18. The molecule has 0 saturated carbocycles. The molecule has 0 bridgehead atoms. The topological polar surface area (TPSA) is 97.8 Å². The van der Waals surface area contributed by atoms with Crippen LogP contribution in [0.25, 0.3) is 22.2 Å². The average Bonchev–Trinajstić information content (AvgIpc) is 2.90. The predicted molar refractivity (Wildman–Crippen MR) is 75.2 cm³/mol. The van der Waals surface area contributed by atoms with Crippen molar-refractivity contribution in [3.8, 4) is 11.3 Å². The Morgan fingerprint density at radius 3 is 2.89 bits per heavy atom. The Balaban J connectivity index is 2.26. The van der Waals surface area contributed by atoms with Gasteiger partial charge in [-0.2, -0.15) is 0 Å². The smallest absolute Gasteiger partial charge is 0.271 e. The number of hydrogen-bond donors (Lipinski definition) is 2. The molecule has 0 unspecified atom stereocenters. The van der Waals surface area contributed by atoms with Crippen molar-refractivity contribution in [3.05, 3.63) is 39.4 Å². The third-order valence-corrected chi connectivity index (χ3v) is 3.63. The fourth-order valence-electron chi connectivity index (χ4n) is 2.17. The number of aromatic nitrogens is 2. The third kappa shape index (κ3) is 1.84. The number of hydrogen-bond acceptors (Lipinski definition) is 5. The molecule has 2 aromatic heterocycles. The maximum atomic E-state index is 10.8. The first-order chi connectivity index (χ1) is 9.06. The van der Waals surface area contributed by atoms with E-state index in [-0.39, 0.29) is 5.69 Å². The molecule has 0 atom stereocenters. The first-order valence-electron chi connectivity index (χ1n) is 5.54. The lowest BCUT2D eigenvalue weighted by molar-refractivity contribution is -0.384. The Morgan fingerprint density at radius 2 is 2.26 bits per heavy atom. The van der Waals surface area contributed by atoms with E-state index in [9.17, 15) is 10.1 Å². The molecule has 7 heteroatoms. The van der Waals surface area contributed by atoms with Crippen molar-refractivity contribution in [3.63, 3.8) is 0 Å². The molecule has 6 nitrogen and oxygen atoms in total. The summed E-state index contributed by atoms with van der Waals surface area (Å²) in [6.07, 6.45) is 0. The van der Waals surface area contributed by atoms with Crippen LogP contribution in [-0.4, -0.2) is 14.9 Å². The van der Waals surface area contributed by atoms with Crippen molar-refractivity contribution in [1.82, 2.24) is 9.97 Å². The van der Waals surface area contributed by atoms with E-state index in [2.05, 4.69) is 9.97 Å². The zero-order chi connectivity index (χ0) is 13.6. The molecular weight excluding hydrogens is 264 g/mol. The van der Waals surface area contributed by atoms with E-state index in [4.69, 9.17) is 5.73 Å². The highest BCUT2D eigenvalue weighted by molar-refractivity contribution is 7.13. The highest BCUT2D eigenvalue weighted by atomic mass is 32.1. The van der Waals surface area contributed by atoms with Crippen molar-refractivity contribution >= 4 is 33.1 Å². The van der Waals surface area contributed by atoms with Crippen LogP contribution in [-0.2, 0) is 0 Å². The highest BCUT2D eigenvalue weighted by Crippen LogP contribution is 2.34. The van der Waals surface area contributed by atoms with Crippen LogP contribution in [0.3, 0.4) is 0 Å². The number of benzene rings is 1. The first kappa shape index (κ1) is 11.7. The SMILES string of the molecule is Cc1[nH]c2cc([N+](=O)[O-])ccc2c1-c1csc(N)n1. The van der Waals surface area contributed by atoms with Gasteiger partial charge in [-0.15, -0.1) is 11.3 Å². The van der Waals surface area contributed by atoms with Crippen molar-refractivity contribution in [2.75, 3.05) is 5.73 Å². The number of non-ortho nitro benzene ring substituents is 1. The Labute approximate surface area is 112 Å². The van der Waals surface area contributed by atoms with Crippen molar-refractivity contribution in [2.24, 2.45) is 0 Å². The number of thiazole rings is 1. The number of fused-ring (bicyclic) bond motifs is 1. The van der Waals surface area contributed by atoms with Crippen molar-refractivity contribution < 1.29 is 4.92 Å². The maximum absolute atomic E-state index is 10.8. The molecule has 0 fully saturated rings. The summed E-state index contributed by atoms with van der Waals surface area (Å²) < 4.78 is 0. The van der Waals surface area contributed by atoms with Gasteiger partial charge >= 0.3 is 0 Å². The van der Waals surface area contributed by atoms with E-state index < -0.39 is 4.92 Å². The molecular formula is C12H10N4O2S. The monoisotopic (exact) mass is 274 g/mol. The Bertz CT molecular complexity index is 790. The van der Waals surface area contributed by atoms with Gasteiger partial charge in [0, 0.05) is 34.2 Å². The van der Waals surface area contributed by atoms with E-state index in [0.29, 0.717) is 5.13 Å². The van der Waals surface area contributed by atoms with Crippen LogP contribution in [0, 0.1) is 17.0 Å². The first-order valence-corrected chi connectivity index (χ1v) is 6.42. The minimum absolute atomic E-state index is 0.0677. The van der Waals surface area contributed by atoms with Crippen LogP contribution in [0.15, 0.2) is 23.6 Å². The van der Waals surface area contributed by atoms with Crippen LogP contribution in [0.2, 0.25) is 0 Å². The molecule has 96 valence electrons. The fraction of sp³-hybridized carbons (Fsp3) is 0.0833. The molecule has 0 saturated heterocycles. The minimum Gasteiger partial charge on any atom is -0.375 e. The summed E-state index contributed by atoms with van der Waals surface area (Å²) in [5, 5.41) is 14.1. The molecule has 1 aromatic carbocycles. The van der Waals surface area contributed by atoms with Gasteiger partial charge in [-0.05, 0) is 13.0 Å². The summed E-state index contributed by atoms with van der Waals surface area (Å²) in [6.45, 7) is 1.91. The predicted octanol–water partition coefficient (Wildman–Crippen LogP) is 3.09. The van der Waals surface area contributed by atoms with Gasteiger partial charge in [-0.1, -0.05) is 0 Å². The van der Waals surface area contributed by atoms with E-state index in [0.717, 1.165) is 27.9 Å². The van der Waals surface area contributed by atoms with Gasteiger partial charge in [0.2, 0.25) is 0 Å². The normalized spacial score (nSPS) is 11.0. The molecule has 3 aromatic rings. The standard InChI is InChI=1S/C12H10N4O2S/c1-6-11(10-5-19-12(13)15-10)8-3-2-7(16(17)18)4-9(8)14-6/h2-5,14H,1H3,(H2,13,15). The van der Waals surface area contributed by atoms with E-state index >= 15 is 0 Å². The number of rotatable bonds is 2. The largest absolute Gasteiger partial charge is 0.375 e. The molecule has 3 rings (SSSR count). The zero-order valence-corrected chi connectivity index (χ0v) is 10.8. The van der Waals surface area contributed by atoms with Crippen molar-refractivity contribution in [1.29, 1.82) is 0 Å². The van der Waals surface area contributed by atoms with Crippen molar-refractivity contribution in [2.45, 2.75) is 6.92 Å². The molecule has 2 heterocycles. The van der Waals surface area contributed by atoms with Gasteiger partial charge in [0.05, 0.1) is 16.1 Å². The highest BCUT2D eigenvalue weighted by Gasteiger charge is 2.15. The number of nitro benzene ring substituents is 1. The molecule has 0 amide bonds. The molecule has 0 aliphatic carbocycles. The van der Waals surface area contributed by atoms with Crippen LogP contribution in [0.1, 0.15) is 5.69 Å². The zero-order valence-electron chi connectivity index (χ0n) is 10.0. The number of nitrogen functional groups attached to an aromatic ring is 1. The number of H-pyrrole nitrogens is 1. The van der Waals surface area contributed by atoms with Gasteiger partial charge in [-0.3, -0.25) is 10.1 Å². The molecule has 0 aliphatic heterocycles. The molecule has 0 radical (unpaired) electrons. The van der Waals surface area contributed by atoms with Crippen LogP contribution in [0.4, 0.5) is 10.8 Å². The quantitative estimate of drug-likeness (QED) is 0.554. The number of nitro groups is 1. The van der Waals surface area contributed by atoms with Gasteiger partial charge in [0.15, 0.2) is 5.13 Å². The summed E-state index contributed by atoms with van der Waals surface area (Å²) in [4.78, 5) is 17.8. The second-order valence-corrected chi connectivity index (χ2v) is 5.07. The average molecular weight is 274 g/mol. The summed E-state index contributed by atoms with van der Waals surface area (Å²) in [5.41, 5.74) is 9.10. The fourth-order valence-corrected chi connectivity index (χ4v) is 2.72. The summed E-state index contributed by atoms with van der Waals surface area (Å²) in [6, 6.07) is 4.76. The van der Waals surface area contributed by atoms with E-state index in [1.54, 1.807) is 6.07 Å². The van der Waals surface area contributed by atoms with Crippen LogP contribution < -0.4 is 5.73 Å². The Morgan fingerprint density at radius 1 is 1.47 bits per heavy atom.